The monoisotopic (exact) mass is 378 g/mol. The summed E-state index contributed by atoms with van der Waals surface area (Å²) in [5, 5.41) is 12.1. The number of benzene rings is 1. The lowest BCUT2D eigenvalue weighted by Gasteiger charge is -2.22. The van der Waals surface area contributed by atoms with Crippen LogP contribution in [0.25, 0.3) is 0 Å². The van der Waals surface area contributed by atoms with Crippen molar-refractivity contribution in [3.8, 4) is 5.75 Å². The molecule has 0 unspecified atom stereocenters. The van der Waals surface area contributed by atoms with Gasteiger partial charge in [-0.1, -0.05) is 11.8 Å². The maximum Gasteiger partial charge on any atom is 0.237 e. The van der Waals surface area contributed by atoms with Gasteiger partial charge in [-0.2, -0.15) is 0 Å². The lowest BCUT2D eigenvalue weighted by Crippen LogP contribution is -2.35. The number of hydrogen-bond donors (Lipinski definition) is 1. The Kier molecular flexibility index (Phi) is 6.96. The number of nitrogens with two attached hydrogens (primary N) is 1. The van der Waals surface area contributed by atoms with Crippen LogP contribution in [0.1, 0.15) is 26.3 Å². The summed E-state index contributed by atoms with van der Waals surface area (Å²) in [7, 11) is 1.57. The highest BCUT2D eigenvalue weighted by Crippen LogP contribution is 2.22. The van der Waals surface area contributed by atoms with Gasteiger partial charge in [0, 0.05) is 18.7 Å². The van der Waals surface area contributed by atoms with E-state index in [9.17, 15) is 9.59 Å². The Morgan fingerprint density at radius 1 is 1.31 bits per heavy atom. The molecule has 26 heavy (non-hydrogen) atoms. The second kappa shape index (κ2) is 9.18. The van der Waals surface area contributed by atoms with Crippen molar-refractivity contribution in [2.45, 2.75) is 31.5 Å². The third-order valence-electron chi connectivity index (χ3n) is 3.54. The highest BCUT2D eigenvalue weighted by atomic mass is 32.2. The molecule has 2 N–H and O–H groups in total. The van der Waals surface area contributed by atoms with Crippen LogP contribution in [0, 0.1) is 0 Å². The molecule has 0 aliphatic rings. The maximum absolute atomic E-state index is 12.7. The van der Waals surface area contributed by atoms with Crippen molar-refractivity contribution in [3.05, 3.63) is 24.3 Å². The molecule has 0 bridgehead atoms. The molecular weight excluding hydrogens is 356 g/mol. The van der Waals surface area contributed by atoms with E-state index in [2.05, 4.69) is 15.5 Å². The fourth-order valence-electron chi connectivity index (χ4n) is 2.19. The van der Waals surface area contributed by atoms with E-state index in [1.54, 1.807) is 36.1 Å². The lowest BCUT2D eigenvalue weighted by molar-refractivity contribution is -0.118. The van der Waals surface area contributed by atoms with E-state index in [0.717, 1.165) is 0 Å². The van der Waals surface area contributed by atoms with Crippen LogP contribution < -0.4 is 15.4 Å². The largest absolute Gasteiger partial charge is 0.497 e. The van der Waals surface area contributed by atoms with Crippen LogP contribution in [0.2, 0.25) is 0 Å². The van der Waals surface area contributed by atoms with E-state index in [-0.39, 0.29) is 30.7 Å². The van der Waals surface area contributed by atoms with Crippen molar-refractivity contribution in [1.82, 2.24) is 20.2 Å². The van der Waals surface area contributed by atoms with Crippen molar-refractivity contribution in [2.24, 2.45) is 5.73 Å². The van der Waals surface area contributed by atoms with Crippen LogP contribution >= 0.6 is 11.8 Å². The summed E-state index contributed by atoms with van der Waals surface area (Å²) in [6.45, 7) is 4.12. The third-order valence-corrected chi connectivity index (χ3v) is 4.46. The van der Waals surface area contributed by atoms with Gasteiger partial charge in [0.25, 0.3) is 0 Å². The predicted molar refractivity (Wildman–Crippen MR) is 98.1 cm³/mol. The van der Waals surface area contributed by atoms with Gasteiger partial charge in [0.05, 0.1) is 18.9 Å². The van der Waals surface area contributed by atoms with E-state index < -0.39 is 5.91 Å². The number of anilines is 1. The Balaban J connectivity index is 2.11. The van der Waals surface area contributed by atoms with Crippen LogP contribution in [0.3, 0.4) is 0 Å². The van der Waals surface area contributed by atoms with Crippen LogP contribution in [0.15, 0.2) is 29.4 Å². The zero-order valence-corrected chi connectivity index (χ0v) is 15.8. The summed E-state index contributed by atoms with van der Waals surface area (Å²) in [4.78, 5) is 25.4. The SMILES string of the molecule is COc1ccc(N(CCC(N)=O)C(=O)CSc2nnnn2C(C)C)cc1. The maximum atomic E-state index is 12.7. The molecule has 10 heteroatoms. The Bertz CT molecular complexity index is 747. The molecule has 2 amide bonds. The van der Waals surface area contributed by atoms with Gasteiger partial charge in [0.2, 0.25) is 17.0 Å². The first-order valence-corrected chi connectivity index (χ1v) is 9.04. The quantitative estimate of drug-likeness (QED) is 0.653. The molecule has 1 aromatic carbocycles. The lowest BCUT2D eigenvalue weighted by atomic mass is 10.2. The summed E-state index contributed by atoms with van der Waals surface area (Å²) in [6.07, 6.45) is 0.0756. The van der Waals surface area contributed by atoms with E-state index in [1.807, 2.05) is 13.8 Å². The molecule has 0 fully saturated rings. The highest BCUT2D eigenvalue weighted by Gasteiger charge is 2.19. The number of hydrogen-bond acceptors (Lipinski definition) is 7. The smallest absolute Gasteiger partial charge is 0.237 e. The van der Waals surface area contributed by atoms with Gasteiger partial charge in [0.15, 0.2) is 0 Å². The van der Waals surface area contributed by atoms with E-state index >= 15 is 0 Å². The average molecular weight is 378 g/mol. The van der Waals surface area contributed by atoms with Crippen LogP contribution in [0.5, 0.6) is 5.75 Å². The van der Waals surface area contributed by atoms with Crippen molar-refractivity contribution < 1.29 is 14.3 Å². The average Bonchev–Trinajstić information content (AvgIpc) is 3.09. The summed E-state index contributed by atoms with van der Waals surface area (Å²) >= 11 is 1.25. The van der Waals surface area contributed by atoms with Crippen molar-refractivity contribution in [2.75, 3.05) is 24.3 Å². The van der Waals surface area contributed by atoms with Gasteiger partial charge in [0.1, 0.15) is 5.75 Å². The molecule has 1 aromatic heterocycles. The van der Waals surface area contributed by atoms with Gasteiger partial charge in [-0.3, -0.25) is 9.59 Å². The minimum atomic E-state index is -0.465. The molecule has 0 saturated carbocycles. The number of carbonyl (C=O) groups excluding carboxylic acids is 2. The van der Waals surface area contributed by atoms with Gasteiger partial charge in [-0.05, 0) is 48.5 Å². The molecule has 0 spiro atoms. The van der Waals surface area contributed by atoms with Crippen molar-refractivity contribution in [1.29, 1.82) is 0 Å². The van der Waals surface area contributed by atoms with Gasteiger partial charge in [-0.15, -0.1) is 5.10 Å². The van der Waals surface area contributed by atoms with E-state index in [1.165, 1.54) is 16.7 Å². The molecule has 0 aliphatic carbocycles. The Morgan fingerprint density at radius 3 is 2.58 bits per heavy atom. The first kappa shape index (κ1) is 19.7. The number of amides is 2. The minimum absolute atomic E-state index is 0.0756. The van der Waals surface area contributed by atoms with Crippen molar-refractivity contribution in [3.63, 3.8) is 0 Å². The molecule has 2 rings (SSSR count). The van der Waals surface area contributed by atoms with E-state index in [4.69, 9.17) is 10.5 Å². The van der Waals surface area contributed by atoms with Crippen LogP contribution in [0.4, 0.5) is 5.69 Å². The van der Waals surface area contributed by atoms with Gasteiger partial charge >= 0.3 is 0 Å². The summed E-state index contributed by atoms with van der Waals surface area (Å²) < 4.78 is 6.78. The number of primary amides is 1. The second-order valence-electron chi connectivity index (χ2n) is 5.75. The molecule has 0 saturated heterocycles. The Labute approximate surface area is 155 Å². The molecule has 2 aromatic rings. The number of ether oxygens (including phenoxy) is 1. The topological polar surface area (TPSA) is 116 Å². The number of rotatable bonds is 9. The standard InChI is InChI=1S/C16H22N6O3S/c1-11(2)22-16(18-19-20-22)26-10-15(24)21(9-8-14(17)23)12-4-6-13(25-3)7-5-12/h4-7,11H,8-10H2,1-3H3,(H2,17,23). The summed E-state index contributed by atoms with van der Waals surface area (Å²) in [5.74, 6) is 0.187. The Hall–Kier alpha value is -2.62. The number of nitrogens with zero attached hydrogens (tertiary/aromatic N) is 5. The molecule has 9 nitrogen and oxygen atoms in total. The number of aromatic nitrogens is 4. The van der Waals surface area contributed by atoms with Gasteiger partial charge in [-0.25, -0.2) is 4.68 Å². The third kappa shape index (κ3) is 5.19. The molecule has 0 aliphatic heterocycles. The normalized spacial score (nSPS) is 10.8. The molecule has 0 radical (unpaired) electrons. The second-order valence-corrected chi connectivity index (χ2v) is 6.69. The highest BCUT2D eigenvalue weighted by molar-refractivity contribution is 7.99. The zero-order chi connectivity index (χ0) is 19.1. The van der Waals surface area contributed by atoms with E-state index in [0.29, 0.717) is 16.6 Å². The molecule has 1 heterocycles. The summed E-state index contributed by atoms with van der Waals surface area (Å²) in [6, 6.07) is 7.13. The molecule has 140 valence electrons. The fraction of sp³-hybridized carbons (Fsp3) is 0.438. The first-order chi connectivity index (χ1) is 12.4. The first-order valence-electron chi connectivity index (χ1n) is 8.05. The predicted octanol–water partition coefficient (Wildman–Crippen LogP) is 1.26. The number of methoxy groups -OCH3 is 1. The number of carbonyl (C=O) groups is 2. The van der Waals surface area contributed by atoms with Crippen molar-refractivity contribution >= 4 is 29.3 Å². The van der Waals surface area contributed by atoms with Crippen LogP contribution in [-0.4, -0.2) is 51.4 Å². The number of tetrazole rings is 1. The number of thioether (sulfide) groups is 1. The van der Waals surface area contributed by atoms with Crippen LogP contribution in [-0.2, 0) is 9.59 Å². The minimum Gasteiger partial charge on any atom is -0.497 e. The fourth-order valence-corrected chi connectivity index (χ4v) is 3.07. The zero-order valence-electron chi connectivity index (χ0n) is 15.0. The molecular formula is C16H22N6O3S. The molecule has 0 atom stereocenters. The summed E-state index contributed by atoms with van der Waals surface area (Å²) in [5.41, 5.74) is 5.90. The van der Waals surface area contributed by atoms with Gasteiger partial charge < -0.3 is 15.4 Å². The Morgan fingerprint density at radius 2 is 2.00 bits per heavy atom.